The first kappa shape index (κ1) is 22.1. The second-order valence-electron chi connectivity index (χ2n) is 9.13. The Morgan fingerprint density at radius 2 is 1.60 bits per heavy atom. The van der Waals surface area contributed by atoms with Crippen LogP contribution < -0.4 is 5.32 Å². The summed E-state index contributed by atoms with van der Waals surface area (Å²) < 4.78 is 6.15. The number of nitrogens with one attached hydrogen (secondary N) is 1. The molecule has 30 heavy (non-hydrogen) atoms. The Bertz CT molecular complexity index is 847. The van der Waals surface area contributed by atoms with Gasteiger partial charge in [-0.2, -0.15) is 0 Å². The maximum absolute atomic E-state index is 13.2. The van der Waals surface area contributed by atoms with Gasteiger partial charge in [0.05, 0.1) is 0 Å². The summed E-state index contributed by atoms with van der Waals surface area (Å²) in [5.41, 5.74) is 1.87. The van der Waals surface area contributed by atoms with E-state index in [-0.39, 0.29) is 29.3 Å². The van der Waals surface area contributed by atoms with Gasteiger partial charge >= 0.3 is 5.97 Å². The van der Waals surface area contributed by atoms with Crippen molar-refractivity contribution in [3.63, 3.8) is 0 Å². The minimum Gasteiger partial charge on any atom is -0.460 e. The van der Waals surface area contributed by atoms with Crippen LogP contribution in [0.25, 0.3) is 0 Å². The van der Waals surface area contributed by atoms with Crippen molar-refractivity contribution in [1.82, 2.24) is 5.32 Å². The molecule has 0 aromatic heterocycles. The topological polar surface area (TPSA) is 55.4 Å². The standard InChI is InChI=1S/C26H33NO3/c1-18-15-16-22(26(3,4)21-13-9-6-10-14-21)23(17-18)30-25(29)24(27-19(2)28)20-11-7-5-8-12-20/h5-14,18,22-24H,15-17H2,1-4H3,(H,27,28)/t18-,22-,23-,24?/m1/s1. The zero-order chi connectivity index (χ0) is 21.7. The van der Waals surface area contributed by atoms with Crippen LogP contribution in [0.4, 0.5) is 0 Å². The molecule has 0 aliphatic heterocycles. The number of esters is 1. The Kier molecular flexibility index (Phi) is 6.96. The van der Waals surface area contributed by atoms with E-state index in [1.807, 2.05) is 36.4 Å². The molecule has 0 spiro atoms. The van der Waals surface area contributed by atoms with E-state index in [1.165, 1.54) is 12.5 Å². The van der Waals surface area contributed by atoms with Crippen molar-refractivity contribution in [3.8, 4) is 0 Å². The minimum atomic E-state index is -0.790. The maximum atomic E-state index is 13.2. The smallest absolute Gasteiger partial charge is 0.333 e. The van der Waals surface area contributed by atoms with E-state index in [2.05, 4.69) is 50.4 Å². The van der Waals surface area contributed by atoms with Crippen LogP contribution in [0.1, 0.15) is 64.1 Å². The summed E-state index contributed by atoms with van der Waals surface area (Å²) in [5, 5.41) is 2.77. The highest BCUT2D eigenvalue weighted by Gasteiger charge is 2.42. The highest BCUT2D eigenvalue weighted by Crippen LogP contribution is 2.44. The normalized spacial score (nSPS) is 22.7. The van der Waals surface area contributed by atoms with Gasteiger partial charge in [0.15, 0.2) is 6.04 Å². The lowest BCUT2D eigenvalue weighted by molar-refractivity contribution is -0.160. The average molecular weight is 408 g/mol. The molecule has 3 rings (SSSR count). The van der Waals surface area contributed by atoms with E-state index < -0.39 is 6.04 Å². The van der Waals surface area contributed by atoms with Gasteiger partial charge in [0, 0.05) is 12.8 Å². The molecule has 1 amide bonds. The zero-order valence-corrected chi connectivity index (χ0v) is 18.4. The Morgan fingerprint density at radius 3 is 2.20 bits per heavy atom. The number of carbonyl (C=O) groups excluding carboxylic acids is 2. The molecule has 1 unspecified atom stereocenters. The molecule has 0 radical (unpaired) electrons. The summed E-state index contributed by atoms with van der Waals surface area (Å²) in [6, 6.07) is 19.0. The van der Waals surface area contributed by atoms with Crippen molar-refractivity contribution in [2.24, 2.45) is 11.8 Å². The highest BCUT2D eigenvalue weighted by atomic mass is 16.5. The third kappa shape index (κ3) is 5.10. The average Bonchev–Trinajstić information content (AvgIpc) is 2.73. The third-order valence-electron chi connectivity index (χ3n) is 6.48. The van der Waals surface area contributed by atoms with E-state index in [4.69, 9.17) is 4.74 Å². The van der Waals surface area contributed by atoms with Crippen LogP contribution >= 0.6 is 0 Å². The molecule has 0 bridgehead atoms. The van der Waals surface area contributed by atoms with Crippen LogP contribution in [0.5, 0.6) is 0 Å². The number of amides is 1. The van der Waals surface area contributed by atoms with Crippen molar-refractivity contribution >= 4 is 11.9 Å². The monoisotopic (exact) mass is 407 g/mol. The van der Waals surface area contributed by atoms with Crippen molar-refractivity contribution in [2.75, 3.05) is 0 Å². The Balaban J connectivity index is 1.85. The van der Waals surface area contributed by atoms with Crippen LogP contribution in [0.3, 0.4) is 0 Å². The van der Waals surface area contributed by atoms with Crippen LogP contribution in [-0.2, 0) is 19.7 Å². The van der Waals surface area contributed by atoms with Gasteiger partial charge in [-0.15, -0.1) is 0 Å². The van der Waals surface area contributed by atoms with Crippen LogP contribution in [0.15, 0.2) is 60.7 Å². The fourth-order valence-electron chi connectivity index (χ4n) is 4.71. The number of benzene rings is 2. The van der Waals surface area contributed by atoms with E-state index in [1.54, 1.807) is 0 Å². The molecule has 1 aliphatic carbocycles. The first-order chi connectivity index (χ1) is 14.3. The van der Waals surface area contributed by atoms with Crippen LogP contribution in [-0.4, -0.2) is 18.0 Å². The van der Waals surface area contributed by atoms with E-state index in [9.17, 15) is 9.59 Å². The number of hydrogen-bond donors (Lipinski definition) is 1. The molecule has 1 aliphatic rings. The molecule has 4 heteroatoms. The summed E-state index contributed by atoms with van der Waals surface area (Å²) in [7, 11) is 0. The van der Waals surface area contributed by atoms with Gasteiger partial charge in [-0.25, -0.2) is 4.79 Å². The maximum Gasteiger partial charge on any atom is 0.333 e. The lowest BCUT2D eigenvalue weighted by Gasteiger charge is -2.44. The molecule has 4 nitrogen and oxygen atoms in total. The van der Waals surface area contributed by atoms with E-state index in [0.29, 0.717) is 5.92 Å². The molecule has 160 valence electrons. The minimum absolute atomic E-state index is 0.122. The van der Waals surface area contributed by atoms with E-state index in [0.717, 1.165) is 24.8 Å². The van der Waals surface area contributed by atoms with Crippen LogP contribution in [0.2, 0.25) is 0 Å². The summed E-state index contributed by atoms with van der Waals surface area (Å²) in [5.74, 6) is 0.0821. The molecule has 0 saturated heterocycles. The SMILES string of the molecule is CC(=O)NC(C(=O)O[C@@H]1C[C@H](C)CC[C@H]1C(C)(C)c1ccccc1)c1ccccc1. The summed E-state index contributed by atoms with van der Waals surface area (Å²) >= 11 is 0. The number of hydrogen-bond acceptors (Lipinski definition) is 3. The van der Waals surface area contributed by atoms with Gasteiger partial charge in [0.25, 0.3) is 0 Å². The predicted octanol–water partition coefficient (Wildman–Crippen LogP) is 5.19. The van der Waals surface area contributed by atoms with Crippen molar-refractivity contribution < 1.29 is 14.3 Å². The zero-order valence-electron chi connectivity index (χ0n) is 18.4. The summed E-state index contributed by atoms with van der Waals surface area (Å²) in [6.45, 7) is 8.13. The third-order valence-corrected chi connectivity index (χ3v) is 6.48. The first-order valence-corrected chi connectivity index (χ1v) is 10.9. The molecule has 0 heterocycles. The highest BCUT2D eigenvalue weighted by molar-refractivity contribution is 5.84. The Labute approximate surface area is 180 Å². The quantitative estimate of drug-likeness (QED) is 0.671. The molecular formula is C26H33NO3. The molecule has 1 fully saturated rings. The second kappa shape index (κ2) is 9.46. The fourth-order valence-corrected chi connectivity index (χ4v) is 4.71. The fraction of sp³-hybridized carbons (Fsp3) is 0.462. The number of carbonyl (C=O) groups is 2. The largest absolute Gasteiger partial charge is 0.460 e. The van der Waals surface area contributed by atoms with Crippen molar-refractivity contribution in [3.05, 3.63) is 71.8 Å². The van der Waals surface area contributed by atoms with Gasteiger partial charge in [-0.1, -0.05) is 87.9 Å². The molecule has 2 aromatic rings. The first-order valence-electron chi connectivity index (χ1n) is 10.9. The van der Waals surface area contributed by atoms with Gasteiger partial charge in [-0.05, 0) is 35.3 Å². The summed E-state index contributed by atoms with van der Waals surface area (Å²) in [6.07, 6.45) is 2.80. The van der Waals surface area contributed by atoms with Gasteiger partial charge in [0.2, 0.25) is 5.91 Å². The number of rotatable bonds is 6. The number of ether oxygens (including phenoxy) is 1. The van der Waals surface area contributed by atoms with Crippen molar-refractivity contribution in [1.29, 1.82) is 0 Å². The summed E-state index contributed by atoms with van der Waals surface area (Å²) in [4.78, 5) is 25.0. The molecule has 4 atom stereocenters. The second-order valence-corrected chi connectivity index (χ2v) is 9.13. The Morgan fingerprint density at radius 1 is 1.00 bits per heavy atom. The lowest BCUT2D eigenvalue weighted by atomic mass is 9.64. The van der Waals surface area contributed by atoms with Crippen molar-refractivity contribution in [2.45, 2.75) is 64.5 Å². The van der Waals surface area contributed by atoms with Gasteiger partial charge in [0.1, 0.15) is 6.10 Å². The lowest BCUT2D eigenvalue weighted by Crippen LogP contribution is -2.45. The molecule has 2 aromatic carbocycles. The molecule has 1 saturated carbocycles. The van der Waals surface area contributed by atoms with Crippen LogP contribution in [0, 0.1) is 11.8 Å². The Hall–Kier alpha value is -2.62. The molecular weight excluding hydrogens is 374 g/mol. The van der Waals surface area contributed by atoms with Gasteiger partial charge in [-0.3, -0.25) is 4.79 Å². The molecule has 1 N–H and O–H groups in total. The predicted molar refractivity (Wildman–Crippen MR) is 119 cm³/mol. The van der Waals surface area contributed by atoms with Gasteiger partial charge < -0.3 is 10.1 Å². The van der Waals surface area contributed by atoms with E-state index >= 15 is 0 Å².